The zero-order valence-electron chi connectivity index (χ0n) is 9.19. The molecule has 3 rings (SSSR count). The molecule has 16 heavy (non-hydrogen) atoms. The van der Waals surface area contributed by atoms with Crippen LogP contribution in [0, 0.1) is 0 Å². The van der Waals surface area contributed by atoms with Crippen molar-refractivity contribution < 1.29 is 0 Å². The van der Waals surface area contributed by atoms with E-state index in [0.29, 0.717) is 6.04 Å². The highest BCUT2D eigenvalue weighted by atomic mass is 14.9. The summed E-state index contributed by atoms with van der Waals surface area (Å²) in [5.74, 6) is 0. The Bertz CT molecular complexity index is 489. The first-order valence-corrected chi connectivity index (χ1v) is 5.84. The topological polar surface area (TPSA) is 37.8 Å². The van der Waals surface area contributed by atoms with Crippen molar-refractivity contribution in [3.63, 3.8) is 0 Å². The number of fused-ring (bicyclic) bond motifs is 1. The number of hydrogen-bond acceptors (Lipinski definition) is 3. The monoisotopic (exact) mass is 213 g/mol. The maximum absolute atomic E-state index is 4.46. The first-order chi connectivity index (χ1) is 7.92. The van der Waals surface area contributed by atoms with Gasteiger partial charge in [0, 0.05) is 30.0 Å². The van der Waals surface area contributed by atoms with Gasteiger partial charge in [-0.15, -0.1) is 0 Å². The molecule has 1 aliphatic rings. The van der Waals surface area contributed by atoms with Gasteiger partial charge in [-0.3, -0.25) is 9.97 Å². The zero-order valence-corrected chi connectivity index (χ0v) is 9.19. The summed E-state index contributed by atoms with van der Waals surface area (Å²) < 4.78 is 0. The molecule has 1 atom stereocenters. The number of rotatable bonds is 2. The van der Waals surface area contributed by atoms with Crippen LogP contribution in [0.1, 0.15) is 18.4 Å². The minimum Gasteiger partial charge on any atom is -0.314 e. The van der Waals surface area contributed by atoms with Crippen LogP contribution in [0.5, 0.6) is 0 Å². The fraction of sp³-hybridized carbons (Fsp3) is 0.385. The minimum atomic E-state index is 0.635. The molecule has 0 spiro atoms. The molecule has 0 amide bonds. The molecule has 3 heteroatoms. The van der Waals surface area contributed by atoms with Gasteiger partial charge < -0.3 is 5.32 Å². The highest BCUT2D eigenvalue weighted by Crippen LogP contribution is 2.15. The van der Waals surface area contributed by atoms with Gasteiger partial charge in [-0.25, -0.2) is 0 Å². The van der Waals surface area contributed by atoms with Crippen LogP contribution in [-0.4, -0.2) is 22.6 Å². The van der Waals surface area contributed by atoms with Crippen LogP contribution >= 0.6 is 0 Å². The van der Waals surface area contributed by atoms with Crippen molar-refractivity contribution in [1.82, 2.24) is 15.3 Å². The molecule has 82 valence electrons. The van der Waals surface area contributed by atoms with Gasteiger partial charge in [-0.05, 0) is 43.5 Å². The largest absolute Gasteiger partial charge is 0.314 e. The molecule has 1 aliphatic heterocycles. The highest BCUT2D eigenvalue weighted by molar-refractivity contribution is 5.77. The summed E-state index contributed by atoms with van der Waals surface area (Å²) in [7, 11) is 0. The highest BCUT2D eigenvalue weighted by Gasteiger charge is 2.14. The second-order valence-electron chi connectivity index (χ2n) is 4.41. The Labute approximate surface area is 94.9 Å². The molecule has 2 aromatic heterocycles. The Balaban J connectivity index is 1.86. The van der Waals surface area contributed by atoms with Crippen molar-refractivity contribution in [2.75, 3.05) is 6.54 Å². The van der Waals surface area contributed by atoms with E-state index in [-0.39, 0.29) is 0 Å². The average Bonchev–Trinajstić information content (AvgIpc) is 2.82. The summed E-state index contributed by atoms with van der Waals surface area (Å²) in [5, 5.41) is 4.65. The van der Waals surface area contributed by atoms with Gasteiger partial charge in [0.1, 0.15) is 0 Å². The van der Waals surface area contributed by atoms with Crippen LogP contribution in [0.25, 0.3) is 10.9 Å². The number of hydrogen-bond donors (Lipinski definition) is 1. The van der Waals surface area contributed by atoms with Crippen LogP contribution in [0.3, 0.4) is 0 Å². The molecule has 0 aliphatic carbocycles. The van der Waals surface area contributed by atoms with E-state index in [4.69, 9.17) is 0 Å². The molecule has 3 heterocycles. The molecule has 2 aromatic rings. The van der Waals surface area contributed by atoms with Gasteiger partial charge in [0.2, 0.25) is 0 Å². The summed E-state index contributed by atoms with van der Waals surface area (Å²) in [5.41, 5.74) is 2.33. The zero-order chi connectivity index (χ0) is 10.8. The van der Waals surface area contributed by atoms with E-state index in [9.17, 15) is 0 Å². The van der Waals surface area contributed by atoms with Crippen molar-refractivity contribution in [2.24, 2.45) is 0 Å². The summed E-state index contributed by atoms with van der Waals surface area (Å²) in [6.07, 6.45) is 9.32. The maximum atomic E-state index is 4.46. The Morgan fingerprint density at radius 2 is 2.38 bits per heavy atom. The Morgan fingerprint density at radius 1 is 1.38 bits per heavy atom. The molecule has 1 fully saturated rings. The predicted octanol–water partition coefficient (Wildman–Crippen LogP) is 1.92. The normalized spacial score (nSPS) is 20.4. The number of nitrogens with one attached hydrogen (secondary N) is 1. The fourth-order valence-corrected chi connectivity index (χ4v) is 2.34. The summed E-state index contributed by atoms with van der Waals surface area (Å²) in [6.45, 7) is 1.16. The van der Waals surface area contributed by atoms with Gasteiger partial charge in [-0.2, -0.15) is 0 Å². The van der Waals surface area contributed by atoms with Gasteiger partial charge in [0.05, 0.1) is 5.52 Å². The van der Waals surface area contributed by atoms with Crippen LogP contribution in [-0.2, 0) is 6.42 Å². The van der Waals surface area contributed by atoms with Crippen LogP contribution in [0.2, 0.25) is 0 Å². The smallest absolute Gasteiger partial charge is 0.0732 e. The second-order valence-corrected chi connectivity index (χ2v) is 4.41. The standard InChI is InChI=1S/C13H15N3/c1-2-12(15-4-1)7-10-6-11-9-14-5-3-13(11)16-8-10/h3,5-6,8-9,12,15H,1-2,4,7H2. The third kappa shape index (κ3) is 1.91. The molecule has 0 bridgehead atoms. The van der Waals surface area contributed by atoms with E-state index < -0.39 is 0 Å². The van der Waals surface area contributed by atoms with Crippen LogP contribution in [0.15, 0.2) is 30.7 Å². The molecular weight excluding hydrogens is 198 g/mol. The molecule has 1 unspecified atom stereocenters. The van der Waals surface area contributed by atoms with E-state index in [1.165, 1.54) is 18.4 Å². The van der Waals surface area contributed by atoms with Crippen molar-refractivity contribution in [3.8, 4) is 0 Å². The molecular formula is C13H15N3. The fourth-order valence-electron chi connectivity index (χ4n) is 2.34. The lowest BCUT2D eigenvalue weighted by atomic mass is 10.1. The lowest BCUT2D eigenvalue weighted by molar-refractivity contribution is 0.602. The van der Waals surface area contributed by atoms with E-state index in [0.717, 1.165) is 23.9 Å². The Hall–Kier alpha value is -1.48. The predicted molar refractivity (Wildman–Crippen MR) is 64.3 cm³/mol. The molecule has 0 radical (unpaired) electrons. The molecule has 1 N–H and O–H groups in total. The first-order valence-electron chi connectivity index (χ1n) is 5.84. The van der Waals surface area contributed by atoms with Crippen LogP contribution in [0.4, 0.5) is 0 Å². The SMILES string of the molecule is c1cc2ncc(CC3CCCN3)cc2cn1. The average molecular weight is 213 g/mol. The van der Waals surface area contributed by atoms with E-state index in [2.05, 4.69) is 21.4 Å². The van der Waals surface area contributed by atoms with Gasteiger partial charge in [0.25, 0.3) is 0 Å². The van der Waals surface area contributed by atoms with Gasteiger partial charge in [-0.1, -0.05) is 0 Å². The first kappa shape index (κ1) is 9.73. The van der Waals surface area contributed by atoms with Crippen LogP contribution < -0.4 is 5.32 Å². The van der Waals surface area contributed by atoms with Crippen molar-refractivity contribution >= 4 is 10.9 Å². The van der Waals surface area contributed by atoms with E-state index >= 15 is 0 Å². The lowest BCUT2D eigenvalue weighted by Crippen LogP contribution is -2.23. The quantitative estimate of drug-likeness (QED) is 0.828. The van der Waals surface area contributed by atoms with Gasteiger partial charge in [0.15, 0.2) is 0 Å². The number of pyridine rings is 2. The van der Waals surface area contributed by atoms with E-state index in [1.807, 2.05) is 18.5 Å². The number of aromatic nitrogens is 2. The minimum absolute atomic E-state index is 0.635. The third-order valence-electron chi connectivity index (χ3n) is 3.18. The van der Waals surface area contributed by atoms with Gasteiger partial charge >= 0.3 is 0 Å². The molecule has 0 saturated carbocycles. The lowest BCUT2D eigenvalue weighted by Gasteiger charge is -2.09. The van der Waals surface area contributed by atoms with Crippen molar-refractivity contribution in [2.45, 2.75) is 25.3 Å². The summed E-state index contributed by atoms with van der Waals surface area (Å²) in [6, 6.07) is 4.79. The number of nitrogens with zero attached hydrogens (tertiary/aromatic N) is 2. The molecule has 0 aromatic carbocycles. The van der Waals surface area contributed by atoms with E-state index in [1.54, 1.807) is 6.20 Å². The summed E-state index contributed by atoms with van der Waals surface area (Å²) in [4.78, 5) is 8.59. The molecule has 3 nitrogen and oxygen atoms in total. The maximum Gasteiger partial charge on any atom is 0.0732 e. The third-order valence-corrected chi connectivity index (χ3v) is 3.18. The van der Waals surface area contributed by atoms with Crippen molar-refractivity contribution in [1.29, 1.82) is 0 Å². The Kier molecular flexibility index (Phi) is 2.54. The Morgan fingerprint density at radius 3 is 3.25 bits per heavy atom. The van der Waals surface area contributed by atoms with Crippen molar-refractivity contribution in [3.05, 3.63) is 36.3 Å². The molecule has 1 saturated heterocycles. The second kappa shape index (κ2) is 4.18. The summed E-state index contributed by atoms with van der Waals surface area (Å²) >= 11 is 0.